The Balaban J connectivity index is 1.51. The number of hydrogen-bond donors (Lipinski definition) is 2. The van der Waals surface area contributed by atoms with E-state index < -0.39 is 5.97 Å². The molecule has 0 saturated carbocycles. The molecule has 0 unspecified atom stereocenters. The molecule has 3 aromatic rings. The van der Waals surface area contributed by atoms with Gasteiger partial charge in [0.25, 0.3) is 5.91 Å². The summed E-state index contributed by atoms with van der Waals surface area (Å²) in [4.78, 5) is 41.5. The van der Waals surface area contributed by atoms with E-state index in [1.807, 2.05) is 72.4 Å². The molecule has 8 heteroatoms. The smallest absolute Gasteiger partial charge is 0.337 e. The molecular weight excluding hydrogens is 468 g/mol. The first-order valence-corrected chi connectivity index (χ1v) is 12.0. The van der Waals surface area contributed by atoms with E-state index in [2.05, 4.69) is 10.6 Å². The summed E-state index contributed by atoms with van der Waals surface area (Å²) in [5.41, 5.74) is 6.62. The summed E-state index contributed by atoms with van der Waals surface area (Å²) in [6.07, 6.45) is 0. The average molecular weight is 497 g/mol. The maximum Gasteiger partial charge on any atom is 0.337 e. The summed E-state index contributed by atoms with van der Waals surface area (Å²) >= 11 is 0. The van der Waals surface area contributed by atoms with Gasteiger partial charge >= 0.3 is 5.97 Å². The number of carbonyl (C=O) groups is 3. The lowest BCUT2D eigenvalue weighted by molar-refractivity contribution is -0.132. The number of esters is 1. The van der Waals surface area contributed by atoms with Crippen molar-refractivity contribution in [2.75, 3.05) is 38.4 Å². The molecule has 188 valence electrons. The van der Waals surface area contributed by atoms with Crippen LogP contribution in [0.4, 0.5) is 11.4 Å². The van der Waals surface area contributed by atoms with E-state index in [-0.39, 0.29) is 11.8 Å². The lowest BCUT2D eigenvalue weighted by atomic mass is 9.98. The number of nitrogens with zero attached hydrogens (tertiary/aromatic N) is 2. The van der Waals surface area contributed by atoms with Gasteiger partial charge < -0.3 is 25.2 Å². The number of methoxy groups -OCH3 is 1. The summed E-state index contributed by atoms with van der Waals surface area (Å²) in [6.45, 7) is 1.51. The number of benzene rings is 3. The molecule has 2 amide bonds. The number of likely N-dealkylation sites (N-methyl/N-ethyl adjacent to an activating group) is 1. The van der Waals surface area contributed by atoms with Gasteiger partial charge in [0, 0.05) is 24.3 Å². The minimum absolute atomic E-state index is 0.0911. The molecule has 2 aliphatic rings. The minimum Gasteiger partial charge on any atom is -0.465 e. The maximum atomic E-state index is 13.2. The van der Waals surface area contributed by atoms with Crippen LogP contribution in [-0.4, -0.2) is 55.3 Å². The van der Waals surface area contributed by atoms with Gasteiger partial charge in [-0.2, -0.15) is 0 Å². The van der Waals surface area contributed by atoms with Crippen LogP contribution in [0.15, 0.2) is 66.7 Å². The second kappa shape index (κ2) is 9.91. The summed E-state index contributed by atoms with van der Waals surface area (Å²) in [7, 11) is 5.09. The molecular formula is C29H28N4O4. The molecule has 8 nitrogen and oxygen atoms in total. The van der Waals surface area contributed by atoms with E-state index in [4.69, 9.17) is 4.74 Å². The van der Waals surface area contributed by atoms with Crippen LogP contribution in [0.1, 0.15) is 32.6 Å². The van der Waals surface area contributed by atoms with Crippen molar-refractivity contribution >= 4 is 40.4 Å². The Morgan fingerprint density at radius 3 is 2.46 bits per heavy atom. The lowest BCUT2D eigenvalue weighted by Gasteiger charge is -2.18. The molecule has 2 heterocycles. The number of nitrogens with one attached hydrogen (secondary N) is 2. The number of amides is 2. The highest BCUT2D eigenvalue weighted by Gasteiger charge is 2.30. The number of rotatable bonds is 6. The van der Waals surface area contributed by atoms with Gasteiger partial charge in [-0.1, -0.05) is 42.5 Å². The standard InChI is InChI=1S/C29H28N4O4/c1-32(2)17-25(34)33-15-20-9-11-22(13-21(20)16-33)30-27(18-7-5-4-6-8-18)26-23-12-10-19(29(36)37-3)14-24(23)31-28(26)35/h4-14,30H,15-17H2,1-3H3,(H,31,35)/b27-26-. The first-order chi connectivity index (χ1) is 17.8. The van der Waals surface area contributed by atoms with Crippen molar-refractivity contribution in [1.82, 2.24) is 9.80 Å². The van der Waals surface area contributed by atoms with Gasteiger partial charge in [0.1, 0.15) is 0 Å². The van der Waals surface area contributed by atoms with Crippen LogP contribution in [0.25, 0.3) is 11.3 Å². The van der Waals surface area contributed by atoms with E-state index in [0.717, 1.165) is 22.4 Å². The van der Waals surface area contributed by atoms with Crippen LogP contribution in [-0.2, 0) is 27.4 Å². The minimum atomic E-state index is -0.466. The normalized spacial score (nSPS) is 15.2. The van der Waals surface area contributed by atoms with E-state index >= 15 is 0 Å². The lowest BCUT2D eigenvalue weighted by Crippen LogP contribution is -2.34. The zero-order valence-corrected chi connectivity index (χ0v) is 21.0. The summed E-state index contributed by atoms with van der Waals surface area (Å²) < 4.78 is 4.82. The number of anilines is 2. The SMILES string of the molecule is COC(=O)c1ccc2c(c1)NC(=O)/C2=C(\Nc1ccc2c(c1)CN(C(=O)CN(C)C)C2)c1ccccc1. The molecule has 2 aliphatic heterocycles. The van der Waals surface area contributed by atoms with Gasteiger partial charge in [-0.25, -0.2) is 4.79 Å². The van der Waals surface area contributed by atoms with Crippen molar-refractivity contribution in [3.05, 3.63) is 94.5 Å². The van der Waals surface area contributed by atoms with Crippen molar-refractivity contribution in [3.8, 4) is 0 Å². The highest BCUT2D eigenvalue weighted by molar-refractivity contribution is 6.37. The third-order valence-corrected chi connectivity index (χ3v) is 6.50. The first-order valence-electron chi connectivity index (χ1n) is 12.0. The Hall–Kier alpha value is -4.43. The predicted octanol–water partition coefficient (Wildman–Crippen LogP) is 3.81. The molecule has 0 radical (unpaired) electrons. The monoisotopic (exact) mass is 496 g/mol. The molecule has 0 bridgehead atoms. The van der Waals surface area contributed by atoms with Crippen LogP contribution < -0.4 is 10.6 Å². The molecule has 5 rings (SSSR count). The molecule has 3 aromatic carbocycles. The number of fused-ring (bicyclic) bond motifs is 2. The van der Waals surface area contributed by atoms with Crippen molar-refractivity contribution in [3.63, 3.8) is 0 Å². The molecule has 0 atom stereocenters. The zero-order chi connectivity index (χ0) is 26.1. The third kappa shape index (κ3) is 4.83. The van der Waals surface area contributed by atoms with Crippen molar-refractivity contribution in [2.45, 2.75) is 13.1 Å². The van der Waals surface area contributed by atoms with Gasteiger partial charge in [0.2, 0.25) is 5.91 Å². The van der Waals surface area contributed by atoms with Gasteiger partial charge in [0.15, 0.2) is 0 Å². The fourth-order valence-corrected chi connectivity index (χ4v) is 4.71. The number of carbonyl (C=O) groups excluding carboxylic acids is 3. The molecule has 0 fully saturated rings. The number of ether oxygens (including phenoxy) is 1. The van der Waals surface area contributed by atoms with Gasteiger partial charge in [0.05, 0.1) is 36.2 Å². The summed E-state index contributed by atoms with van der Waals surface area (Å²) in [6, 6.07) is 20.7. The first kappa shape index (κ1) is 24.3. The fourth-order valence-electron chi connectivity index (χ4n) is 4.71. The number of hydrogen-bond acceptors (Lipinski definition) is 6. The Morgan fingerprint density at radius 1 is 0.973 bits per heavy atom. The summed E-state index contributed by atoms with van der Waals surface area (Å²) in [5, 5.41) is 6.36. The molecule has 2 N–H and O–H groups in total. The largest absolute Gasteiger partial charge is 0.465 e. The average Bonchev–Trinajstić information content (AvgIpc) is 3.46. The molecule has 37 heavy (non-hydrogen) atoms. The Labute approximate surface area is 215 Å². The van der Waals surface area contributed by atoms with Gasteiger partial charge in [-0.05, 0) is 55.1 Å². The summed E-state index contributed by atoms with van der Waals surface area (Å²) in [5.74, 6) is -0.634. The molecule has 0 aromatic heterocycles. The Morgan fingerprint density at radius 2 is 1.73 bits per heavy atom. The van der Waals surface area contributed by atoms with Gasteiger partial charge in [-0.15, -0.1) is 0 Å². The molecule has 0 saturated heterocycles. The van der Waals surface area contributed by atoms with Crippen LogP contribution in [0, 0.1) is 0 Å². The molecule has 0 aliphatic carbocycles. The zero-order valence-electron chi connectivity index (χ0n) is 21.0. The van der Waals surface area contributed by atoms with E-state index in [1.165, 1.54) is 7.11 Å². The van der Waals surface area contributed by atoms with Crippen LogP contribution in [0.5, 0.6) is 0 Å². The third-order valence-electron chi connectivity index (χ3n) is 6.50. The quantitative estimate of drug-likeness (QED) is 0.399. The van der Waals surface area contributed by atoms with Crippen LogP contribution in [0.3, 0.4) is 0 Å². The second-order valence-electron chi connectivity index (χ2n) is 9.42. The molecule has 0 spiro atoms. The highest BCUT2D eigenvalue weighted by Crippen LogP contribution is 2.38. The van der Waals surface area contributed by atoms with Crippen LogP contribution >= 0.6 is 0 Å². The Kier molecular flexibility index (Phi) is 6.50. The van der Waals surface area contributed by atoms with Crippen molar-refractivity contribution in [1.29, 1.82) is 0 Å². The second-order valence-corrected chi connectivity index (χ2v) is 9.42. The predicted molar refractivity (Wildman–Crippen MR) is 143 cm³/mol. The topological polar surface area (TPSA) is 91.0 Å². The van der Waals surface area contributed by atoms with Crippen LogP contribution in [0.2, 0.25) is 0 Å². The van der Waals surface area contributed by atoms with E-state index in [9.17, 15) is 14.4 Å². The van der Waals surface area contributed by atoms with Gasteiger partial charge in [-0.3, -0.25) is 9.59 Å². The Bertz CT molecular complexity index is 1430. The maximum absolute atomic E-state index is 13.2. The fraction of sp³-hybridized carbons (Fsp3) is 0.207. The van der Waals surface area contributed by atoms with Crippen molar-refractivity contribution < 1.29 is 19.1 Å². The van der Waals surface area contributed by atoms with E-state index in [0.29, 0.717) is 47.7 Å². The van der Waals surface area contributed by atoms with Crippen molar-refractivity contribution in [2.24, 2.45) is 0 Å². The highest BCUT2D eigenvalue weighted by atomic mass is 16.5. The van der Waals surface area contributed by atoms with E-state index in [1.54, 1.807) is 18.2 Å².